The van der Waals surface area contributed by atoms with Crippen LogP contribution in [0.15, 0.2) is 0 Å². The summed E-state index contributed by atoms with van der Waals surface area (Å²) in [6.07, 6.45) is 11.0. The van der Waals surface area contributed by atoms with Gasteiger partial charge in [0.1, 0.15) is 0 Å². The van der Waals surface area contributed by atoms with Crippen LogP contribution in [-0.2, 0) is 4.74 Å². The first-order valence-electron chi connectivity index (χ1n) is 10.4. The maximum Gasteiger partial charge on any atom is 0.0661 e. The molecule has 0 aromatic heterocycles. The van der Waals surface area contributed by atoms with Crippen LogP contribution in [0.3, 0.4) is 0 Å². The molecule has 4 aliphatic rings. The molecule has 0 aliphatic heterocycles. The number of hydrogen-bond donors (Lipinski definition) is 0. The first kappa shape index (κ1) is 16.9. The van der Waals surface area contributed by atoms with E-state index in [-0.39, 0.29) is 0 Å². The van der Waals surface area contributed by atoms with Gasteiger partial charge in [-0.1, -0.05) is 20.8 Å². The fraction of sp³-hybridized carbons (Fsp3) is 0.955. The van der Waals surface area contributed by atoms with Crippen molar-refractivity contribution in [2.24, 2.45) is 46.3 Å². The van der Waals surface area contributed by atoms with Crippen LogP contribution in [0.2, 0.25) is 0 Å². The Morgan fingerprint density at radius 1 is 1.00 bits per heavy atom. The monoisotopic (exact) mass is 329 g/mol. The van der Waals surface area contributed by atoms with Gasteiger partial charge in [0.15, 0.2) is 0 Å². The van der Waals surface area contributed by atoms with Crippen LogP contribution in [0.1, 0.15) is 72.1 Å². The minimum absolute atomic E-state index is 0.307. The molecule has 9 atom stereocenters. The van der Waals surface area contributed by atoms with E-state index in [0.29, 0.717) is 28.8 Å². The molecule has 2 nitrogen and oxygen atoms in total. The molecule has 0 unspecified atom stereocenters. The lowest BCUT2D eigenvalue weighted by atomic mass is 9.44. The number of nitriles is 1. The van der Waals surface area contributed by atoms with E-state index in [1.54, 1.807) is 0 Å². The van der Waals surface area contributed by atoms with Gasteiger partial charge in [0, 0.05) is 7.11 Å². The van der Waals surface area contributed by atoms with Gasteiger partial charge < -0.3 is 4.74 Å². The number of hydrogen-bond acceptors (Lipinski definition) is 2. The summed E-state index contributed by atoms with van der Waals surface area (Å²) in [6, 6.07) is 2.67. The Labute approximate surface area is 148 Å². The van der Waals surface area contributed by atoms with E-state index in [1.165, 1.54) is 44.9 Å². The highest BCUT2D eigenvalue weighted by Crippen LogP contribution is 2.67. The van der Waals surface area contributed by atoms with Crippen LogP contribution in [0.5, 0.6) is 0 Å². The standard InChI is InChI=1S/C22H35NO/c1-14-11-15-5-7-17-18-8-6-16(13-23)21(18,2)10-9-19(17)22(15,3)12-20(14)24-4/h14-20H,5-12H2,1-4H3/t14-,15-,16+,17-,18-,19-,20+,21+,22-/m0/s1. The Morgan fingerprint density at radius 3 is 2.46 bits per heavy atom. The Kier molecular flexibility index (Phi) is 4.03. The van der Waals surface area contributed by atoms with E-state index in [0.717, 1.165) is 30.1 Å². The molecule has 4 rings (SSSR count). The van der Waals surface area contributed by atoms with Gasteiger partial charge in [-0.15, -0.1) is 0 Å². The predicted molar refractivity (Wildman–Crippen MR) is 96.2 cm³/mol. The minimum atomic E-state index is 0.307. The first-order valence-corrected chi connectivity index (χ1v) is 10.4. The summed E-state index contributed by atoms with van der Waals surface area (Å²) in [4.78, 5) is 0. The van der Waals surface area contributed by atoms with Crippen LogP contribution in [-0.4, -0.2) is 13.2 Å². The van der Waals surface area contributed by atoms with Crippen molar-refractivity contribution in [3.63, 3.8) is 0 Å². The zero-order valence-corrected chi connectivity index (χ0v) is 16.1. The summed E-state index contributed by atoms with van der Waals surface area (Å²) in [6.45, 7) is 7.45. The van der Waals surface area contributed by atoms with Crippen LogP contribution >= 0.6 is 0 Å². The third-order valence-electron chi connectivity index (χ3n) is 9.46. The number of nitrogens with zero attached hydrogens (tertiary/aromatic N) is 1. The molecule has 0 bridgehead atoms. The SMILES string of the molecule is CO[C@@H]1C[C@@]2(C)[C@@H](CC[C@@H]3[C@@H]2CC[C@]2(C)[C@@H](C#N)CC[C@@H]32)C[C@@H]1C. The van der Waals surface area contributed by atoms with Gasteiger partial charge in [0.05, 0.1) is 18.1 Å². The number of methoxy groups -OCH3 is 1. The molecular weight excluding hydrogens is 294 g/mol. The topological polar surface area (TPSA) is 33.0 Å². The lowest BCUT2D eigenvalue weighted by molar-refractivity contribution is -0.146. The van der Waals surface area contributed by atoms with Crippen molar-refractivity contribution in [1.29, 1.82) is 5.26 Å². The zero-order chi connectivity index (χ0) is 17.1. The van der Waals surface area contributed by atoms with Gasteiger partial charge in [0.25, 0.3) is 0 Å². The van der Waals surface area contributed by atoms with Gasteiger partial charge in [-0.2, -0.15) is 5.26 Å². The fourth-order valence-corrected chi connectivity index (χ4v) is 8.00. The smallest absolute Gasteiger partial charge is 0.0661 e. The second-order valence-electron chi connectivity index (χ2n) is 10.2. The van der Waals surface area contributed by atoms with Crippen molar-refractivity contribution < 1.29 is 4.74 Å². The number of ether oxygens (including phenoxy) is 1. The summed E-state index contributed by atoms with van der Waals surface area (Å²) in [7, 11) is 1.91. The molecule has 0 aromatic carbocycles. The second-order valence-corrected chi connectivity index (χ2v) is 10.2. The third kappa shape index (κ3) is 2.16. The van der Waals surface area contributed by atoms with Crippen molar-refractivity contribution in [3.8, 4) is 6.07 Å². The molecule has 4 fully saturated rings. The third-order valence-corrected chi connectivity index (χ3v) is 9.46. The molecule has 0 amide bonds. The first-order chi connectivity index (χ1) is 11.4. The van der Waals surface area contributed by atoms with E-state index in [1.807, 2.05) is 7.11 Å². The molecule has 4 aliphatic carbocycles. The maximum absolute atomic E-state index is 9.63. The van der Waals surface area contributed by atoms with Crippen molar-refractivity contribution in [2.45, 2.75) is 78.2 Å². The predicted octanol–water partition coefficient (Wildman–Crippen LogP) is 5.43. The summed E-state index contributed by atoms with van der Waals surface area (Å²) < 4.78 is 5.90. The minimum Gasteiger partial charge on any atom is -0.381 e. The van der Waals surface area contributed by atoms with Crippen LogP contribution in [0, 0.1) is 57.7 Å². The quantitative estimate of drug-likeness (QED) is 0.642. The van der Waals surface area contributed by atoms with E-state index >= 15 is 0 Å². The van der Waals surface area contributed by atoms with Gasteiger partial charge in [-0.3, -0.25) is 0 Å². The summed E-state index contributed by atoms with van der Waals surface area (Å²) in [5, 5.41) is 9.63. The van der Waals surface area contributed by atoms with Crippen LogP contribution < -0.4 is 0 Å². The van der Waals surface area contributed by atoms with Crippen molar-refractivity contribution in [2.75, 3.05) is 7.11 Å². The highest BCUT2D eigenvalue weighted by atomic mass is 16.5. The molecule has 0 N–H and O–H groups in total. The Balaban J connectivity index is 1.62. The van der Waals surface area contributed by atoms with Crippen molar-refractivity contribution >= 4 is 0 Å². The normalized spacial score (nSPS) is 56.7. The number of rotatable bonds is 1. The van der Waals surface area contributed by atoms with Crippen molar-refractivity contribution in [1.82, 2.24) is 0 Å². The summed E-state index contributed by atoms with van der Waals surface area (Å²) in [5.41, 5.74) is 0.782. The highest BCUT2D eigenvalue weighted by molar-refractivity contribution is 5.13. The van der Waals surface area contributed by atoms with Gasteiger partial charge >= 0.3 is 0 Å². The van der Waals surface area contributed by atoms with E-state index in [4.69, 9.17) is 4.74 Å². The average Bonchev–Trinajstić information content (AvgIpc) is 2.91. The lowest BCUT2D eigenvalue weighted by Crippen LogP contribution is -2.55. The Hall–Kier alpha value is -0.550. The van der Waals surface area contributed by atoms with Crippen LogP contribution in [0.4, 0.5) is 0 Å². The Bertz CT molecular complexity index is 539. The molecular formula is C22H35NO. The Morgan fingerprint density at radius 2 is 1.75 bits per heavy atom. The maximum atomic E-state index is 9.63. The molecule has 0 aromatic rings. The largest absolute Gasteiger partial charge is 0.381 e. The average molecular weight is 330 g/mol. The molecule has 2 heteroatoms. The van der Waals surface area contributed by atoms with Gasteiger partial charge in [-0.25, -0.2) is 0 Å². The number of fused-ring (bicyclic) bond motifs is 5. The molecule has 24 heavy (non-hydrogen) atoms. The van der Waals surface area contributed by atoms with Gasteiger partial charge in [0.2, 0.25) is 0 Å². The molecule has 0 saturated heterocycles. The van der Waals surface area contributed by atoms with E-state index in [2.05, 4.69) is 26.8 Å². The lowest BCUT2D eigenvalue weighted by Gasteiger charge is -2.61. The summed E-state index contributed by atoms with van der Waals surface area (Å²) in [5.74, 6) is 4.47. The summed E-state index contributed by atoms with van der Waals surface area (Å²) >= 11 is 0. The highest BCUT2D eigenvalue weighted by Gasteiger charge is 2.61. The van der Waals surface area contributed by atoms with E-state index < -0.39 is 0 Å². The fourth-order valence-electron chi connectivity index (χ4n) is 8.00. The second kappa shape index (κ2) is 5.73. The van der Waals surface area contributed by atoms with E-state index in [9.17, 15) is 5.26 Å². The van der Waals surface area contributed by atoms with Gasteiger partial charge in [-0.05, 0) is 91.8 Å². The molecule has 4 saturated carbocycles. The molecule has 0 heterocycles. The van der Waals surface area contributed by atoms with Crippen molar-refractivity contribution in [3.05, 3.63) is 0 Å². The van der Waals surface area contributed by atoms with Crippen LogP contribution in [0.25, 0.3) is 0 Å². The molecule has 0 radical (unpaired) electrons. The molecule has 0 spiro atoms. The zero-order valence-electron chi connectivity index (χ0n) is 16.1. The molecule has 134 valence electrons.